The van der Waals surface area contributed by atoms with E-state index < -0.39 is 5.60 Å². The fraction of sp³-hybridized carbons (Fsp3) is 0.200. The fourth-order valence-electron chi connectivity index (χ4n) is 2.91. The summed E-state index contributed by atoms with van der Waals surface area (Å²) in [5, 5.41) is 0. The Kier molecular flexibility index (Phi) is 5.05. The van der Waals surface area contributed by atoms with Crippen LogP contribution in [-0.4, -0.2) is 15.8 Å². The van der Waals surface area contributed by atoms with Crippen LogP contribution in [0.1, 0.15) is 30.2 Å². The summed E-state index contributed by atoms with van der Waals surface area (Å²) in [6, 6.07) is 15.8. The molecule has 128 valence electrons. The molecule has 0 aliphatic rings. The highest BCUT2D eigenvalue weighted by Crippen LogP contribution is 2.37. The molecule has 1 heterocycles. The smallest absolute Gasteiger partial charge is 0.142 e. The molecule has 1 unspecified atom stereocenters. The quantitative estimate of drug-likeness (QED) is 0.709. The largest absolute Gasteiger partial charge is 0.359 e. The number of Topliss-reactive ketones (excluding diaryl/α,β-unsaturated/α-hetero) is 1. The van der Waals surface area contributed by atoms with E-state index >= 15 is 0 Å². The minimum atomic E-state index is -1.12. The Balaban J connectivity index is 2.06. The van der Waals surface area contributed by atoms with Crippen LogP contribution >= 0.6 is 0 Å². The molecular formula is C20H19FN2O2. The number of rotatable bonds is 7. The van der Waals surface area contributed by atoms with Gasteiger partial charge in [0.1, 0.15) is 17.2 Å². The maximum absolute atomic E-state index is 13.9. The van der Waals surface area contributed by atoms with E-state index in [2.05, 4.69) is 9.97 Å². The molecule has 0 saturated carbocycles. The zero-order chi connectivity index (χ0) is 17.7. The fourth-order valence-corrected chi connectivity index (χ4v) is 2.91. The number of halogens is 1. The van der Waals surface area contributed by atoms with E-state index in [1.54, 1.807) is 18.3 Å². The van der Waals surface area contributed by atoms with Crippen molar-refractivity contribution in [3.05, 3.63) is 89.8 Å². The van der Waals surface area contributed by atoms with Crippen LogP contribution in [0.15, 0.2) is 67.1 Å². The lowest BCUT2D eigenvalue weighted by atomic mass is 9.85. The van der Waals surface area contributed by atoms with Crippen molar-refractivity contribution in [1.29, 1.82) is 0 Å². The Labute approximate surface area is 145 Å². The molecule has 1 N–H and O–H groups in total. The van der Waals surface area contributed by atoms with Gasteiger partial charge in [0.25, 0.3) is 0 Å². The van der Waals surface area contributed by atoms with E-state index in [0.29, 0.717) is 11.3 Å². The average Bonchev–Trinajstić information content (AvgIpc) is 3.14. The summed E-state index contributed by atoms with van der Waals surface area (Å²) in [7, 11) is 0. The van der Waals surface area contributed by atoms with Gasteiger partial charge in [-0.2, -0.15) is 0 Å². The highest BCUT2D eigenvalue weighted by molar-refractivity contribution is 5.77. The van der Waals surface area contributed by atoms with Crippen LogP contribution in [0.2, 0.25) is 0 Å². The van der Waals surface area contributed by atoms with Gasteiger partial charge >= 0.3 is 0 Å². The van der Waals surface area contributed by atoms with E-state index in [-0.39, 0.29) is 24.6 Å². The van der Waals surface area contributed by atoms with Gasteiger partial charge in [0, 0.05) is 6.42 Å². The summed E-state index contributed by atoms with van der Waals surface area (Å²) in [5.41, 5.74) is 1.03. The number of aromatic amines is 1. The van der Waals surface area contributed by atoms with Gasteiger partial charge in [0.2, 0.25) is 0 Å². The van der Waals surface area contributed by atoms with Crippen molar-refractivity contribution in [3.8, 4) is 0 Å². The number of nitrogens with one attached hydrogen (secondary N) is 1. The first-order valence-electron chi connectivity index (χ1n) is 8.02. The van der Waals surface area contributed by atoms with E-state index in [1.807, 2.05) is 30.3 Å². The predicted octanol–water partition coefficient (Wildman–Crippen LogP) is 3.99. The standard InChI is InChI=1S/C20H19FN2O2/c1-15(24)11-20(19-12-22-14-23-19,17-8-5-9-18(21)10-17)25-13-16-6-3-2-4-7-16/h2-10,12,14H,11,13H2,1H3,(H,22,23). The molecule has 0 aliphatic heterocycles. The number of H-pyrrole nitrogens is 1. The number of benzene rings is 2. The first-order chi connectivity index (χ1) is 12.1. The normalized spacial score (nSPS) is 13.4. The maximum Gasteiger partial charge on any atom is 0.142 e. The van der Waals surface area contributed by atoms with Gasteiger partial charge in [-0.05, 0) is 30.2 Å². The molecule has 0 fully saturated rings. The van der Waals surface area contributed by atoms with Crippen molar-refractivity contribution in [2.75, 3.05) is 0 Å². The number of ether oxygens (including phenoxy) is 1. The third-order valence-electron chi connectivity index (χ3n) is 4.05. The molecular weight excluding hydrogens is 319 g/mol. The van der Waals surface area contributed by atoms with Crippen molar-refractivity contribution in [3.63, 3.8) is 0 Å². The zero-order valence-electron chi connectivity index (χ0n) is 13.9. The zero-order valence-corrected chi connectivity index (χ0v) is 13.9. The van der Waals surface area contributed by atoms with Crippen molar-refractivity contribution in [2.45, 2.75) is 25.6 Å². The lowest BCUT2D eigenvalue weighted by Crippen LogP contribution is -2.34. The van der Waals surface area contributed by atoms with Gasteiger partial charge in [0.05, 0.1) is 24.8 Å². The highest BCUT2D eigenvalue weighted by atomic mass is 19.1. The summed E-state index contributed by atoms with van der Waals surface area (Å²) >= 11 is 0. The second-order valence-electron chi connectivity index (χ2n) is 5.96. The third-order valence-corrected chi connectivity index (χ3v) is 4.05. The van der Waals surface area contributed by atoms with Crippen LogP contribution in [0.5, 0.6) is 0 Å². The Morgan fingerprint density at radius 3 is 2.64 bits per heavy atom. The molecule has 5 heteroatoms. The Hall–Kier alpha value is -2.79. The molecule has 0 radical (unpaired) electrons. The minimum absolute atomic E-state index is 0.0630. The van der Waals surface area contributed by atoms with Crippen molar-refractivity contribution in [1.82, 2.24) is 9.97 Å². The predicted molar refractivity (Wildman–Crippen MR) is 92.3 cm³/mol. The average molecular weight is 338 g/mol. The molecule has 2 aromatic carbocycles. The third kappa shape index (κ3) is 3.83. The van der Waals surface area contributed by atoms with Gasteiger partial charge in [-0.15, -0.1) is 0 Å². The number of imidazole rings is 1. The number of ketones is 1. The first-order valence-corrected chi connectivity index (χ1v) is 8.02. The molecule has 0 amide bonds. The van der Waals surface area contributed by atoms with E-state index in [9.17, 15) is 9.18 Å². The van der Waals surface area contributed by atoms with Crippen LogP contribution in [0.3, 0.4) is 0 Å². The highest BCUT2D eigenvalue weighted by Gasteiger charge is 2.38. The summed E-state index contributed by atoms with van der Waals surface area (Å²) in [4.78, 5) is 19.1. The van der Waals surface area contributed by atoms with Crippen LogP contribution in [0.25, 0.3) is 0 Å². The van der Waals surface area contributed by atoms with Crippen LogP contribution in [0.4, 0.5) is 4.39 Å². The Bertz CT molecular complexity index is 834. The molecule has 3 rings (SSSR count). The van der Waals surface area contributed by atoms with Crippen LogP contribution < -0.4 is 0 Å². The number of hydrogen-bond donors (Lipinski definition) is 1. The second kappa shape index (κ2) is 7.40. The molecule has 1 atom stereocenters. The molecule has 0 aliphatic carbocycles. The molecule has 1 aromatic heterocycles. The number of hydrogen-bond acceptors (Lipinski definition) is 3. The molecule has 25 heavy (non-hydrogen) atoms. The van der Waals surface area contributed by atoms with Crippen molar-refractivity contribution >= 4 is 5.78 Å². The summed E-state index contributed by atoms with van der Waals surface area (Å²) in [5.74, 6) is -0.444. The van der Waals surface area contributed by atoms with Gasteiger partial charge < -0.3 is 9.72 Å². The van der Waals surface area contributed by atoms with Gasteiger partial charge in [-0.1, -0.05) is 42.5 Å². The maximum atomic E-state index is 13.9. The van der Waals surface area contributed by atoms with E-state index in [1.165, 1.54) is 25.4 Å². The number of carbonyl (C=O) groups excluding carboxylic acids is 1. The summed E-state index contributed by atoms with van der Waals surface area (Å²) < 4.78 is 20.1. The molecule has 0 bridgehead atoms. The second-order valence-corrected chi connectivity index (χ2v) is 5.96. The molecule has 4 nitrogen and oxygen atoms in total. The van der Waals surface area contributed by atoms with Gasteiger partial charge in [-0.25, -0.2) is 9.37 Å². The molecule has 0 saturated heterocycles. The molecule has 0 spiro atoms. The van der Waals surface area contributed by atoms with E-state index in [4.69, 9.17) is 4.74 Å². The lowest BCUT2D eigenvalue weighted by Gasteiger charge is -2.33. The van der Waals surface area contributed by atoms with Gasteiger partial charge in [0.15, 0.2) is 0 Å². The number of carbonyl (C=O) groups is 1. The lowest BCUT2D eigenvalue weighted by molar-refractivity contribution is -0.124. The number of nitrogens with zero attached hydrogens (tertiary/aromatic N) is 1. The summed E-state index contributed by atoms with van der Waals surface area (Å²) in [6.45, 7) is 1.78. The number of aromatic nitrogens is 2. The molecule has 3 aromatic rings. The first kappa shape index (κ1) is 17.0. The van der Waals surface area contributed by atoms with Crippen molar-refractivity contribution in [2.24, 2.45) is 0 Å². The van der Waals surface area contributed by atoms with E-state index in [0.717, 1.165) is 5.56 Å². The van der Waals surface area contributed by atoms with Crippen molar-refractivity contribution < 1.29 is 13.9 Å². The SMILES string of the molecule is CC(=O)CC(OCc1ccccc1)(c1cccc(F)c1)c1cnc[nH]1. The minimum Gasteiger partial charge on any atom is -0.359 e. The van der Waals surface area contributed by atoms with Crippen LogP contribution in [-0.2, 0) is 21.7 Å². The van der Waals surface area contributed by atoms with Gasteiger partial charge in [-0.3, -0.25) is 4.79 Å². The Morgan fingerprint density at radius 2 is 2.00 bits per heavy atom. The monoisotopic (exact) mass is 338 g/mol. The van der Waals surface area contributed by atoms with Crippen LogP contribution in [0, 0.1) is 5.82 Å². The summed E-state index contributed by atoms with van der Waals surface area (Å²) in [6.07, 6.45) is 3.21. The Morgan fingerprint density at radius 1 is 1.20 bits per heavy atom. The topological polar surface area (TPSA) is 55.0 Å².